The minimum absolute atomic E-state index is 0.0116. The van der Waals surface area contributed by atoms with E-state index in [0.717, 1.165) is 18.9 Å². The largest absolute Gasteiger partial charge is 0.494 e. The van der Waals surface area contributed by atoms with E-state index in [-0.39, 0.29) is 42.0 Å². The smallest absolute Gasteiger partial charge is 0.290 e. The summed E-state index contributed by atoms with van der Waals surface area (Å²) in [5.74, 6) is -0.659. The van der Waals surface area contributed by atoms with Gasteiger partial charge >= 0.3 is 0 Å². The van der Waals surface area contributed by atoms with Crippen LogP contribution in [0.4, 0.5) is 21.7 Å². The number of carboxylic acid groups (broad SMARTS) is 1. The first kappa shape index (κ1) is 26.1. The van der Waals surface area contributed by atoms with E-state index in [1.807, 2.05) is 5.32 Å². The Kier molecular flexibility index (Phi) is 8.51. The van der Waals surface area contributed by atoms with E-state index in [1.54, 1.807) is 23.1 Å². The molecule has 3 aromatic heterocycles. The van der Waals surface area contributed by atoms with Gasteiger partial charge in [0.15, 0.2) is 11.6 Å². The number of amides is 1. The third-order valence-corrected chi connectivity index (χ3v) is 6.09. The lowest BCUT2D eigenvalue weighted by Gasteiger charge is -2.17. The van der Waals surface area contributed by atoms with Crippen molar-refractivity contribution in [1.82, 2.24) is 30.0 Å². The zero-order valence-corrected chi connectivity index (χ0v) is 22.9. The zero-order chi connectivity index (χ0) is 32.7. The predicted octanol–water partition coefficient (Wildman–Crippen LogP) is 3.97. The molecule has 5 N–H and O–H groups in total. The molecule has 0 unspecified atom stereocenters. The highest BCUT2D eigenvalue weighted by atomic mass is 35.5. The lowest BCUT2D eigenvalue weighted by atomic mass is 10.1. The molecule has 1 aliphatic rings. The summed E-state index contributed by atoms with van der Waals surface area (Å²) < 4.78 is 49.3. The number of nitrogens with one attached hydrogen (secondary N) is 2. The maximum Gasteiger partial charge on any atom is 0.290 e. The summed E-state index contributed by atoms with van der Waals surface area (Å²) >= 11 is 6.13. The van der Waals surface area contributed by atoms with E-state index >= 15 is 0 Å². The minimum atomic E-state index is -2.72. The fourth-order valence-electron chi connectivity index (χ4n) is 3.99. The molecular weight excluding hydrogens is 571 g/mol. The van der Waals surface area contributed by atoms with Crippen LogP contribution in [-0.4, -0.2) is 56.3 Å². The van der Waals surface area contributed by atoms with Gasteiger partial charge in [0.25, 0.3) is 12.4 Å². The van der Waals surface area contributed by atoms with E-state index in [9.17, 15) is 9.18 Å². The lowest BCUT2D eigenvalue weighted by molar-refractivity contribution is -0.122. The molecule has 3 heterocycles. The Balaban J connectivity index is 0.00000148. The van der Waals surface area contributed by atoms with Gasteiger partial charge in [-0.3, -0.25) is 9.59 Å². The van der Waals surface area contributed by atoms with Crippen LogP contribution in [0.25, 0.3) is 11.4 Å². The molecule has 0 atom stereocenters. The minimum Gasteiger partial charge on any atom is -0.494 e. The molecule has 5 rings (SSSR count). The molecule has 1 aromatic carbocycles. The Morgan fingerprint density at radius 3 is 2.76 bits per heavy atom. The molecule has 15 heteroatoms. The molecule has 1 aliphatic carbocycles. The predicted molar refractivity (Wildman–Crippen MR) is 152 cm³/mol. The van der Waals surface area contributed by atoms with Gasteiger partial charge < -0.3 is 30.9 Å². The van der Waals surface area contributed by atoms with Crippen molar-refractivity contribution in [3.05, 3.63) is 70.5 Å². The van der Waals surface area contributed by atoms with Gasteiger partial charge in [-0.1, -0.05) is 11.6 Å². The highest BCUT2D eigenvalue weighted by Gasteiger charge is 2.26. The average molecular weight is 602 g/mol. The number of hydrogen-bond donors (Lipinski definition) is 4. The highest BCUT2D eigenvalue weighted by molar-refractivity contribution is 6.29. The van der Waals surface area contributed by atoms with Crippen molar-refractivity contribution in [1.29, 1.82) is 0 Å². The Bertz CT molecular complexity index is 1670. The van der Waals surface area contributed by atoms with Crippen LogP contribution in [0.5, 0.6) is 5.75 Å². The Morgan fingerprint density at radius 2 is 2.07 bits per heavy atom. The molecular formula is C27H28ClFN8O5. The lowest BCUT2D eigenvalue weighted by Crippen LogP contribution is -2.19. The quantitative estimate of drug-likeness (QED) is 0.152. The van der Waals surface area contributed by atoms with Crippen molar-refractivity contribution < 1.29 is 32.7 Å². The molecule has 0 aliphatic heterocycles. The van der Waals surface area contributed by atoms with Crippen LogP contribution in [0.1, 0.15) is 44.6 Å². The number of carbonyl (C=O) groups is 2. The van der Waals surface area contributed by atoms with Gasteiger partial charge in [0, 0.05) is 17.2 Å². The average Bonchev–Trinajstić information content (AvgIpc) is 3.68. The molecule has 0 spiro atoms. The molecule has 220 valence electrons. The van der Waals surface area contributed by atoms with Crippen LogP contribution in [0.2, 0.25) is 5.15 Å². The van der Waals surface area contributed by atoms with E-state index in [1.165, 1.54) is 25.3 Å². The molecule has 4 aromatic rings. The van der Waals surface area contributed by atoms with Crippen molar-refractivity contribution >= 4 is 41.3 Å². The number of ether oxygens (including phenoxy) is 2. The number of halogens is 2. The SMILES string of the molecule is O=CO.[2H]C([2H])([2H])NC(=O)c1ccc(Cl)nc1Nc1cc(COCc2cc(F)cc(N)n2)cc(-c2ncn(C3CC3)n2)c1OC. The second-order valence-corrected chi connectivity index (χ2v) is 9.30. The van der Waals surface area contributed by atoms with Crippen LogP contribution < -0.4 is 21.1 Å². The third-order valence-electron chi connectivity index (χ3n) is 5.88. The normalized spacial score (nSPS) is 13.5. The zero-order valence-electron chi connectivity index (χ0n) is 25.2. The number of methoxy groups -OCH3 is 1. The number of rotatable bonds is 10. The number of nitrogens with zero attached hydrogens (tertiary/aromatic N) is 5. The maximum atomic E-state index is 13.7. The second-order valence-electron chi connectivity index (χ2n) is 8.91. The van der Waals surface area contributed by atoms with Crippen LogP contribution >= 0.6 is 11.6 Å². The summed E-state index contributed by atoms with van der Waals surface area (Å²) in [6, 6.07) is 8.85. The van der Waals surface area contributed by atoms with Gasteiger partial charge in [-0.2, -0.15) is 5.10 Å². The Labute approximate surface area is 249 Å². The van der Waals surface area contributed by atoms with Crippen LogP contribution in [0.15, 0.2) is 42.7 Å². The van der Waals surface area contributed by atoms with Crippen molar-refractivity contribution in [3.8, 4) is 17.1 Å². The van der Waals surface area contributed by atoms with Gasteiger partial charge in [-0.05, 0) is 48.7 Å². The summed E-state index contributed by atoms with van der Waals surface area (Å²) in [7, 11) is 1.46. The van der Waals surface area contributed by atoms with Gasteiger partial charge in [0.2, 0.25) is 0 Å². The molecule has 1 fully saturated rings. The monoisotopic (exact) mass is 601 g/mol. The summed E-state index contributed by atoms with van der Waals surface area (Å²) in [5, 5.41) is 16.6. The van der Waals surface area contributed by atoms with Gasteiger partial charge in [-0.25, -0.2) is 24.0 Å². The van der Waals surface area contributed by atoms with Crippen LogP contribution in [0.3, 0.4) is 0 Å². The van der Waals surface area contributed by atoms with E-state index in [0.29, 0.717) is 40.1 Å². The molecule has 1 amide bonds. The molecule has 0 saturated heterocycles. The number of aromatic nitrogens is 5. The number of nitrogen functional groups attached to an aromatic ring is 1. The van der Waals surface area contributed by atoms with Crippen LogP contribution in [-0.2, 0) is 22.7 Å². The highest BCUT2D eigenvalue weighted by Crippen LogP contribution is 2.40. The second kappa shape index (κ2) is 13.7. The first-order valence-electron chi connectivity index (χ1n) is 13.9. The number of benzene rings is 1. The Hall–Kier alpha value is -4.82. The van der Waals surface area contributed by atoms with Gasteiger partial charge in [0.05, 0.1) is 48.9 Å². The van der Waals surface area contributed by atoms with Crippen molar-refractivity contribution in [2.75, 3.05) is 25.1 Å². The first-order valence-corrected chi connectivity index (χ1v) is 12.7. The summed E-state index contributed by atoms with van der Waals surface area (Å²) in [4.78, 5) is 33.9. The van der Waals surface area contributed by atoms with E-state index in [4.69, 9.17) is 40.8 Å². The van der Waals surface area contributed by atoms with Gasteiger partial charge in [-0.15, -0.1) is 0 Å². The standard InChI is InChI=1S/C26H26ClFN8O3.CH2O2/c1-30-26(37)18-5-6-21(27)34-25(18)33-20-8-14(11-39-12-16-9-15(28)10-22(29)32-16)7-19(23(20)38-2)24-31-13-36(35-24)17-3-4-17;2-1-3/h5-10,13,17H,3-4,11-12H2,1-2H3,(H2,29,32)(H,30,37)(H,33,34);1H,(H,2,3)/i1D3;. The summed E-state index contributed by atoms with van der Waals surface area (Å²) in [5.41, 5.74) is 7.39. The van der Waals surface area contributed by atoms with Crippen LogP contribution in [0, 0.1) is 5.82 Å². The Morgan fingerprint density at radius 1 is 1.29 bits per heavy atom. The number of hydrogen-bond acceptors (Lipinski definition) is 10. The summed E-state index contributed by atoms with van der Waals surface area (Å²) in [6.45, 7) is -2.93. The fraction of sp³-hybridized carbons (Fsp3) is 0.259. The fourth-order valence-corrected chi connectivity index (χ4v) is 4.14. The number of carbonyl (C=O) groups excluding carboxylic acids is 1. The van der Waals surface area contributed by atoms with Crippen molar-refractivity contribution in [2.45, 2.75) is 32.1 Å². The van der Waals surface area contributed by atoms with Gasteiger partial charge in [0.1, 0.15) is 28.9 Å². The molecule has 1 saturated carbocycles. The first-order chi connectivity index (χ1) is 21.4. The molecule has 0 bridgehead atoms. The summed E-state index contributed by atoms with van der Waals surface area (Å²) in [6.07, 6.45) is 3.68. The molecule has 42 heavy (non-hydrogen) atoms. The third kappa shape index (κ3) is 7.47. The topological polar surface area (TPSA) is 179 Å². The number of pyridine rings is 2. The molecule has 0 radical (unpaired) electrons. The molecule has 13 nitrogen and oxygen atoms in total. The maximum absolute atomic E-state index is 13.7. The number of nitrogens with two attached hydrogens (primary N) is 1. The van der Waals surface area contributed by atoms with Crippen molar-refractivity contribution in [3.63, 3.8) is 0 Å². The van der Waals surface area contributed by atoms with Crippen molar-refractivity contribution in [2.24, 2.45) is 0 Å². The number of anilines is 3. The van der Waals surface area contributed by atoms with E-state index in [2.05, 4.69) is 25.4 Å². The van der Waals surface area contributed by atoms with E-state index < -0.39 is 18.7 Å².